The minimum atomic E-state index is -1.19. The van der Waals surface area contributed by atoms with E-state index in [1.807, 2.05) is 84.9 Å². The van der Waals surface area contributed by atoms with E-state index in [0.717, 1.165) is 50.0 Å². The van der Waals surface area contributed by atoms with Crippen LogP contribution in [0, 0.1) is 13.8 Å². The van der Waals surface area contributed by atoms with Gasteiger partial charge in [-0.2, -0.15) is 49.2 Å². The molecule has 2 nitrogen and oxygen atoms in total. The van der Waals surface area contributed by atoms with E-state index in [-0.39, 0.29) is 21.7 Å². The molecule has 48 heavy (non-hydrogen) atoms. The first-order valence-corrected chi connectivity index (χ1v) is 16.4. The molecule has 0 amide bonds. The largest absolute Gasteiger partial charge is 2.00 e. The van der Waals surface area contributed by atoms with Gasteiger partial charge < -0.3 is 5.11 Å². The Morgan fingerprint density at radius 3 is 1.50 bits per heavy atom. The molecule has 1 aliphatic rings. The van der Waals surface area contributed by atoms with Gasteiger partial charge in [0.2, 0.25) is 0 Å². The molecule has 7 rings (SSSR count). The van der Waals surface area contributed by atoms with E-state index >= 15 is 0 Å². The van der Waals surface area contributed by atoms with E-state index in [9.17, 15) is 5.11 Å². The molecule has 0 fully saturated rings. The summed E-state index contributed by atoms with van der Waals surface area (Å²) in [7, 11) is 0. The molecule has 1 unspecified atom stereocenters. The molecule has 6 aromatic rings. The number of aliphatic imine (C=N–C) groups is 1. The topological polar surface area (TPSA) is 32.6 Å². The molecular formula is C45H45NOTi. The predicted molar refractivity (Wildman–Crippen MR) is 201 cm³/mol. The summed E-state index contributed by atoms with van der Waals surface area (Å²) < 4.78 is 0. The van der Waals surface area contributed by atoms with Crippen molar-refractivity contribution >= 4 is 22.2 Å². The number of hydrogen-bond donors (Lipinski definition) is 1. The first kappa shape index (κ1) is 36.5. The summed E-state index contributed by atoms with van der Waals surface area (Å²) in [5.41, 5.74) is 8.24. The van der Waals surface area contributed by atoms with Gasteiger partial charge in [0.05, 0.1) is 11.4 Å². The Morgan fingerprint density at radius 1 is 0.583 bits per heavy atom. The van der Waals surface area contributed by atoms with Crippen LogP contribution in [0.25, 0.3) is 10.8 Å². The third kappa shape index (κ3) is 8.38. The number of rotatable bonds is 5. The molecule has 0 saturated carbocycles. The SMILES string of the molecule is CC(C)c1cccc(C(C)C)c1N=C1c2cccc3cccc(c23)C1(O)Cc1ccccc1.[CH2-]c1ccccc1.[CH2-]c1ccccc1.[Ti+2]. The van der Waals surface area contributed by atoms with Crippen LogP contribution in [0.4, 0.5) is 5.69 Å². The first-order valence-electron chi connectivity index (χ1n) is 16.4. The monoisotopic (exact) mass is 663 g/mol. The van der Waals surface area contributed by atoms with Gasteiger partial charge in [-0.3, -0.25) is 0 Å². The molecular weight excluding hydrogens is 618 g/mol. The van der Waals surface area contributed by atoms with Crippen molar-refractivity contribution in [1.29, 1.82) is 0 Å². The second-order valence-corrected chi connectivity index (χ2v) is 12.8. The zero-order chi connectivity index (χ0) is 33.4. The van der Waals surface area contributed by atoms with Crippen molar-refractivity contribution in [3.63, 3.8) is 0 Å². The minimum absolute atomic E-state index is 0. The van der Waals surface area contributed by atoms with E-state index in [1.54, 1.807) is 0 Å². The molecule has 1 N–H and O–H groups in total. The molecule has 1 aliphatic carbocycles. The van der Waals surface area contributed by atoms with E-state index < -0.39 is 5.60 Å². The Hall–Kier alpha value is -4.34. The molecule has 6 aromatic carbocycles. The summed E-state index contributed by atoms with van der Waals surface area (Å²) in [5, 5.41) is 14.7. The van der Waals surface area contributed by atoms with Crippen molar-refractivity contribution in [3.8, 4) is 0 Å². The van der Waals surface area contributed by atoms with Gasteiger partial charge in [-0.15, -0.1) is 24.3 Å². The number of aliphatic hydroxyl groups is 1. The second kappa shape index (κ2) is 16.7. The standard InChI is InChI=1S/C31H31NO.2C7H7.Ti/c1-20(2)24-15-10-16-25(21(3)4)29(24)32-30-26-17-8-13-23-14-9-18-27(28(23)26)31(30,33)19-22-11-6-5-7-12-22;2*1-7-5-3-2-4-6-7;/h5-18,20-21,33H,19H2,1-4H3;2*2-6H,1H2;/q;2*-1;+2. The van der Waals surface area contributed by atoms with Crippen LogP contribution in [0.5, 0.6) is 0 Å². The average molecular weight is 664 g/mol. The fourth-order valence-corrected chi connectivity index (χ4v) is 6.16. The zero-order valence-electron chi connectivity index (χ0n) is 28.5. The van der Waals surface area contributed by atoms with Gasteiger partial charge in [-0.05, 0) is 44.9 Å². The maximum Gasteiger partial charge on any atom is 2.00 e. The molecule has 0 radical (unpaired) electrons. The number of benzene rings is 6. The van der Waals surface area contributed by atoms with E-state index in [4.69, 9.17) is 4.99 Å². The van der Waals surface area contributed by atoms with Crippen molar-refractivity contribution in [2.24, 2.45) is 4.99 Å². The molecule has 240 valence electrons. The summed E-state index contributed by atoms with van der Waals surface area (Å²) in [6.45, 7) is 16.3. The quantitative estimate of drug-likeness (QED) is 0.145. The number of para-hydroxylation sites is 1. The summed E-state index contributed by atoms with van der Waals surface area (Å²) in [6.07, 6.45) is 0.487. The molecule has 0 spiro atoms. The van der Waals surface area contributed by atoms with Crippen LogP contribution in [0.1, 0.15) is 78.5 Å². The smallest absolute Gasteiger partial charge is 0.378 e. The van der Waals surface area contributed by atoms with E-state index in [2.05, 4.69) is 102 Å². The molecule has 0 aromatic heterocycles. The predicted octanol–water partition coefficient (Wildman–Crippen LogP) is 11.4. The normalized spacial score (nSPS) is 15.4. The maximum atomic E-state index is 12.4. The van der Waals surface area contributed by atoms with Crippen LogP contribution in [0.2, 0.25) is 0 Å². The Kier molecular flexibility index (Phi) is 12.7. The summed E-state index contributed by atoms with van der Waals surface area (Å²) in [5.74, 6) is 0.676. The fraction of sp³-hybridized carbons (Fsp3) is 0.178. The molecule has 1 atom stereocenters. The first-order chi connectivity index (χ1) is 22.7. The van der Waals surface area contributed by atoms with Crippen LogP contribution in [0.15, 0.2) is 151 Å². The summed E-state index contributed by atoms with van der Waals surface area (Å²) in [4.78, 5) is 5.36. The minimum Gasteiger partial charge on any atom is -0.378 e. The molecule has 0 aliphatic heterocycles. The van der Waals surface area contributed by atoms with Crippen LogP contribution in [-0.4, -0.2) is 10.8 Å². The van der Waals surface area contributed by atoms with Gasteiger partial charge >= 0.3 is 21.7 Å². The van der Waals surface area contributed by atoms with Crippen LogP contribution in [0.3, 0.4) is 0 Å². The molecule has 3 heteroatoms. The van der Waals surface area contributed by atoms with Gasteiger partial charge in [0.25, 0.3) is 0 Å². The fourth-order valence-electron chi connectivity index (χ4n) is 6.16. The number of nitrogens with zero attached hydrogens (tertiary/aromatic N) is 1. The maximum absolute atomic E-state index is 12.4. The Morgan fingerprint density at radius 2 is 1.04 bits per heavy atom. The zero-order valence-corrected chi connectivity index (χ0v) is 30.1. The van der Waals surface area contributed by atoms with Gasteiger partial charge in [0.1, 0.15) is 5.60 Å². The third-order valence-electron chi connectivity index (χ3n) is 8.55. The Balaban J connectivity index is 0.000000286. The van der Waals surface area contributed by atoms with Crippen molar-refractivity contribution in [3.05, 3.63) is 198 Å². The summed E-state index contributed by atoms with van der Waals surface area (Å²) in [6, 6.07) is 49.0. The Bertz CT molecular complexity index is 1860. The van der Waals surface area contributed by atoms with E-state index in [1.165, 1.54) is 11.1 Å². The molecule has 0 bridgehead atoms. The van der Waals surface area contributed by atoms with Crippen molar-refractivity contribution < 1.29 is 26.8 Å². The van der Waals surface area contributed by atoms with Crippen molar-refractivity contribution in [2.45, 2.75) is 51.6 Å². The molecule has 0 heterocycles. The van der Waals surface area contributed by atoms with Gasteiger partial charge in [-0.1, -0.05) is 125 Å². The van der Waals surface area contributed by atoms with E-state index in [0.29, 0.717) is 18.3 Å². The number of hydrogen-bond acceptors (Lipinski definition) is 2. The van der Waals surface area contributed by atoms with Gasteiger partial charge in [-0.25, -0.2) is 4.99 Å². The second-order valence-electron chi connectivity index (χ2n) is 12.8. The van der Waals surface area contributed by atoms with Crippen molar-refractivity contribution in [1.82, 2.24) is 0 Å². The Labute approximate surface area is 302 Å². The van der Waals surface area contributed by atoms with Crippen molar-refractivity contribution in [2.75, 3.05) is 0 Å². The third-order valence-corrected chi connectivity index (χ3v) is 8.55. The molecule has 0 saturated heterocycles. The average Bonchev–Trinajstić information content (AvgIpc) is 3.30. The van der Waals surface area contributed by atoms with Gasteiger partial charge in [0, 0.05) is 12.0 Å². The van der Waals surface area contributed by atoms with Crippen LogP contribution >= 0.6 is 0 Å². The van der Waals surface area contributed by atoms with Gasteiger partial charge in [0.15, 0.2) is 0 Å². The summed E-state index contributed by atoms with van der Waals surface area (Å²) >= 11 is 0. The van der Waals surface area contributed by atoms with Crippen LogP contribution < -0.4 is 0 Å². The van der Waals surface area contributed by atoms with Crippen LogP contribution in [-0.2, 0) is 33.7 Å².